The SMILES string of the molecule is COC(=O)c1sccc1CC1CCCN1. The smallest absolute Gasteiger partial charge is 0.348 e. The predicted molar refractivity (Wildman–Crippen MR) is 60.4 cm³/mol. The summed E-state index contributed by atoms with van der Waals surface area (Å²) in [6, 6.07) is 2.56. The molecule has 1 aromatic heterocycles. The third-order valence-corrected chi connectivity index (χ3v) is 3.68. The van der Waals surface area contributed by atoms with Crippen molar-refractivity contribution in [3.8, 4) is 0 Å². The van der Waals surface area contributed by atoms with Crippen molar-refractivity contribution < 1.29 is 9.53 Å². The van der Waals surface area contributed by atoms with E-state index in [1.54, 1.807) is 0 Å². The fourth-order valence-electron chi connectivity index (χ4n) is 1.96. The highest BCUT2D eigenvalue weighted by atomic mass is 32.1. The number of nitrogens with one attached hydrogen (secondary N) is 1. The van der Waals surface area contributed by atoms with Crippen molar-refractivity contribution in [2.45, 2.75) is 25.3 Å². The van der Waals surface area contributed by atoms with E-state index < -0.39 is 0 Å². The third kappa shape index (κ3) is 2.38. The second-order valence-electron chi connectivity index (χ2n) is 3.76. The summed E-state index contributed by atoms with van der Waals surface area (Å²) in [5.74, 6) is -0.210. The molecule has 0 bridgehead atoms. The minimum absolute atomic E-state index is 0.210. The fraction of sp³-hybridized carbons (Fsp3) is 0.545. The molecule has 1 saturated heterocycles. The topological polar surface area (TPSA) is 38.3 Å². The highest BCUT2D eigenvalue weighted by Gasteiger charge is 2.19. The van der Waals surface area contributed by atoms with Crippen LogP contribution in [0.4, 0.5) is 0 Å². The fourth-order valence-corrected chi connectivity index (χ4v) is 2.82. The molecule has 1 fully saturated rings. The maximum atomic E-state index is 11.4. The molecule has 0 radical (unpaired) electrons. The zero-order chi connectivity index (χ0) is 10.7. The largest absolute Gasteiger partial charge is 0.465 e. The van der Waals surface area contributed by atoms with Gasteiger partial charge in [-0.1, -0.05) is 0 Å². The van der Waals surface area contributed by atoms with Gasteiger partial charge in [0.1, 0.15) is 4.88 Å². The Morgan fingerprint density at radius 3 is 3.27 bits per heavy atom. The number of hydrogen-bond acceptors (Lipinski definition) is 4. The van der Waals surface area contributed by atoms with Gasteiger partial charge < -0.3 is 10.1 Å². The first-order valence-electron chi connectivity index (χ1n) is 5.19. The number of ether oxygens (including phenoxy) is 1. The van der Waals surface area contributed by atoms with E-state index in [1.807, 2.05) is 11.4 Å². The zero-order valence-corrected chi connectivity index (χ0v) is 9.60. The van der Waals surface area contributed by atoms with Crippen molar-refractivity contribution in [3.05, 3.63) is 21.9 Å². The van der Waals surface area contributed by atoms with Crippen molar-refractivity contribution in [1.29, 1.82) is 0 Å². The Morgan fingerprint density at radius 1 is 1.73 bits per heavy atom. The molecule has 1 aliphatic rings. The van der Waals surface area contributed by atoms with Crippen LogP contribution in [0.3, 0.4) is 0 Å². The van der Waals surface area contributed by atoms with Crippen molar-refractivity contribution in [2.75, 3.05) is 13.7 Å². The Labute approximate surface area is 93.4 Å². The number of thiophene rings is 1. The molecule has 1 aromatic rings. The van der Waals surface area contributed by atoms with E-state index in [0.29, 0.717) is 6.04 Å². The second kappa shape index (κ2) is 4.77. The van der Waals surface area contributed by atoms with Gasteiger partial charge in [0.25, 0.3) is 0 Å². The van der Waals surface area contributed by atoms with E-state index in [1.165, 1.54) is 31.3 Å². The minimum Gasteiger partial charge on any atom is -0.465 e. The molecule has 1 atom stereocenters. The van der Waals surface area contributed by atoms with E-state index in [0.717, 1.165) is 23.4 Å². The van der Waals surface area contributed by atoms with E-state index in [9.17, 15) is 4.79 Å². The molecular weight excluding hydrogens is 210 g/mol. The normalized spacial score (nSPS) is 20.5. The lowest BCUT2D eigenvalue weighted by Crippen LogP contribution is -2.24. The summed E-state index contributed by atoms with van der Waals surface area (Å²) in [5.41, 5.74) is 1.12. The van der Waals surface area contributed by atoms with Gasteiger partial charge in [0, 0.05) is 6.04 Å². The summed E-state index contributed by atoms with van der Waals surface area (Å²) in [5, 5.41) is 5.39. The van der Waals surface area contributed by atoms with Crippen LogP contribution in [0.2, 0.25) is 0 Å². The van der Waals surface area contributed by atoms with Gasteiger partial charge >= 0.3 is 5.97 Å². The number of rotatable bonds is 3. The van der Waals surface area contributed by atoms with Gasteiger partial charge in [0.05, 0.1) is 7.11 Å². The molecule has 0 aromatic carbocycles. The first-order valence-corrected chi connectivity index (χ1v) is 6.07. The summed E-state index contributed by atoms with van der Waals surface area (Å²) in [4.78, 5) is 12.2. The third-order valence-electron chi connectivity index (χ3n) is 2.75. The molecule has 15 heavy (non-hydrogen) atoms. The summed E-state index contributed by atoms with van der Waals surface area (Å²) >= 11 is 1.46. The maximum Gasteiger partial charge on any atom is 0.348 e. The molecular formula is C11H15NO2S. The van der Waals surface area contributed by atoms with Crippen molar-refractivity contribution >= 4 is 17.3 Å². The van der Waals surface area contributed by atoms with Crippen molar-refractivity contribution in [2.24, 2.45) is 0 Å². The lowest BCUT2D eigenvalue weighted by molar-refractivity contribution is 0.0605. The van der Waals surface area contributed by atoms with Crippen LogP contribution in [0.15, 0.2) is 11.4 Å². The van der Waals surface area contributed by atoms with Crippen molar-refractivity contribution in [1.82, 2.24) is 5.32 Å². The second-order valence-corrected chi connectivity index (χ2v) is 4.68. The first-order chi connectivity index (χ1) is 7.31. The Hall–Kier alpha value is -0.870. The predicted octanol–water partition coefficient (Wildman–Crippen LogP) is 1.83. The Bertz CT molecular complexity index is 342. The number of carbonyl (C=O) groups excluding carboxylic acids is 1. The van der Waals surface area contributed by atoms with Gasteiger partial charge in [-0.05, 0) is 42.8 Å². The van der Waals surface area contributed by atoms with Crippen LogP contribution in [0.5, 0.6) is 0 Å². The van der Waals surface area contributed by atoms with Crippen LogP contribution in [-0.4, -0.2) is 25.7 Å². The summed E-state index contributed by atoms with van der Waals surface area (Å²) in [6.07, 6.45) is 3.38. The number of methoxy groups -OCH3 is 1. The Kier molecular flexibility index (Phi) is 3.38. The van der Waals surface area contributed by atoms with E-state index in [-0.39, 0.29) is 5.97 Å². The highest BCUT2D eigenvalue weighted by molar-refractivity contribution is 7.12. The van der Waals surface area contributed by atoms with Crippen LogP contribution in [0.25, 0.3) is 0 Å². The molecule has 1 unspecified atom stereocenters. The quantitative estimate of drug-likeness (QED) is 0.798. The molecule has 0 aliphatic carbocycles. The summed E-state index contributed by atoms with van der Waals surface area (Å²) in [6.45, 7) is 1.10. The first kappa shape index (κ1) is 10.6. The van der Waals surface area contributed by atoms with Crippen LogP contribution < -0.4 is 5.32 Å². The lowest BCUT2D eigenvalue weighted by atomic mass is 10.1. The van der Waals surface area contributed by atoms with Gasteiger partial charge in [-0.15, -0.1) is 11.3 Å². The van der Waals surface area contributed by atoms with Gasteiger partial charge in [0.15, 0.2) is 0 Å². The van der Waals surface area contributed by atoms with E-state index in [2.05, 4.69) is 5.32 Å². The minimum atomic E-state index is -0.210. The Morgan fingerprint density at radius 2 is 2.60 bits per heavy atom. The van der Waals surface area contributed by atoms with E-state index >= 15 is 0 Å². The average molecular weight is 225 g/mol. The maximum absolute atomic E-state index is 11.4. The van der Waals surface area contributed by atoms with Crippen LogP contribution in [-0.2, 0) is 11.2 Å². The van der Waals surface area contributed by atoms with Gasteiger partial charge in [0.2, 0.25) is 0 Å². The number of hydrogen-bond donors (Lipinski definition) is 1. The molecule has 0 amide bonds. The molecule has 4 heteroatoms. The number of esters is 1. The molecule has 0 spiro atoms. The number of carbonyl (C=O) groups is 1. The molecule has 3 nitrogen and oxygen atoms in total. The molecule has 0 saturated carbocycles. The Balaban J connectivity index is 2.07. The van der Waals surface area contributed by atoms with Gasteiger partial charge in [-0.2, -0.15) is 0 Å². The molecule has 1 aliphatic heterocycles. The standard InChI is InChI=1S/C11H15NO2S/c1-14-11(13)10-8(4-6-15-10)7-9-3-2-5-12-9/h4,6,9,12H,2-3,5,7H2,1H3. The molecule has 82 valence electrons. The van der Waals surface area contributed by atoms with Crippen LogP contribution in [0.1, 0.15) is 28.1 Å². The zero-order valence-electron chi connectivity index (χ0n) is 8.79. The summed E-state index contributed by atoms with van der Waals surface area (Å²) < 4.78 is 4.75. The van der Waals surface area contributed by atoms with Crippen molar-refractivity contribution in [3.63, 3.8) is 0 Å². The summed E-state index contributed by atoms with van der Waals surface area (Å²) in [7, 11) is 1.43. The monoisotopic (exact) mass is 225 g/mol. The van der Waals surface area contributed by atoms with E-state index in [4.69, 9.17) is 4.74 Å². The molecule has 2 heterocycles. The lowest BCUT2D eigenvalue weighted by Gasteiger charge is -2.09. The molecule has 2 rings (SSSR count). The van der Waals surface area contributed by atoms with Gasteiger partial charge in [-0.3, -0.25) is 0 Å². The average Bonchev–Trinajstić information content (AvgIpc) is 2.88. The van der Waals surface area contributed by atoms with Crippen LogP contribution in [0, 0.1) is 0 Å². The van der Waals surface area contributed by atoms with Gasteiger partial charge in [-0.25, -0.2) is 4.79 Å². The van der Waals surface area contributed by atoms with Crippen LogP contribution >= 0.6 is 11.3 Å². The molecule has 1 N–H and O–H groups in total. The highest BCUT2D eigenvalue weighted by Crippen LogP contribution is 2.21.